The van der Waals surface area contributed by atoms with Crippen molar-refractivity contribution in [2.45, 2.75) is 38.6 Å². The van der Waals surface area contributed by atoms with Crippen LogP contribution in [-0.4, -0.2) is 47.8 Å². The van der Waals surface area contributed by atoms with Crippen molar-refractivity contribution in [1.82, 2.24) is 19.2 Å². The predicted molar refractivity (Wildman–Crippen MR) is 123 cm³/mol. The Kier molecular flexibility index (Phi) is 7.35. The van der Waals surface area contributed by atoms with E-state index in [9.17, 15) is 13.2 Å². The van der Waals surface area contributed by atoms with Gasteiger partial charge in [0.05, 0.1) is 16.1 Å². The highest BCUT2D eigenvalue weighted by Gasteiger charge is 2.25. The van der Waals surface area contributed by atoms with E-state index in [-0.39, 0.29) is 21.4 Å². The Balaban J connectivity index is 1.66. The van der Waals surface area contributed by atoms with E-state index in [0.29, 0.717) is 26.1 Å². The fraction of sp³-hybridized carbons (Fsp3) is 0.364. The molecule has 0 saturated carbocycles. The van der Waals surface area contributed by atoms with Gasteiger partial charge in [0.2, 0.25) is 10.0 Å². The fourth-order valence-electron chi connectivity index (χ4n) is 3.56. The van der Waals surface area contributed by atoms with Crippen LogP contribution < -0.4 is 5.32 Å². The molecule has 1 amide bonds. The van der Waals surface area contributed by atoms with Gasteiger partial charge in [-0.2, -0.15) is 4.31 Å². The Hall–Kier alpha value is -2.42. The van der Waals surface area contributed by atoms with Crippen LogP contribution in [0, 0.1) is 6.92 Å². The first-order valence-electron chi connectivity index (χ1n) is 10.3. The quantitative estimate of drug-likeness (QED) is 0.489. The molecule has 0 aliphatic carbocycles. The number of fused-ring (bicyclic) bond motifs is 1. The Labute approximate surface area is 188 Å². The van der Waals surface area contributed by atoms with Crippen molar-refractivity contribution in [3.05, 3.63) is 58.9 Å². The molecule has 7 nitrogen and oxygen atoms in total. The first-order valence-corrected chi connectivity index (χ1v) is 12.1. The third-order valence-corrected chi connectivity index (χ3v) is 7.74. The molecule has 166 valence electrons. The lowest BCUT2D eigenvalue weighted by Crippen LogP contribution is -2.31. The SMILES string of the molecule is CCN(CC)S(=O)(=O)c1cc(C(=O)NCCCn2c(C)nc3ccccc32)ccc1Cl. The number of nitrogens with one attached hydrogen (secondary N) is 1. The van der Waals surface area contributed by atoms with Gasteiger partial charge in [0.1, 0.15) is 10.7 Å². The van der Waals surface area contributed by atoms with Crippen molar-refractivity contribution >= 4 is 38.6 Å². The van der Waals surface area contributed by atoms with Crippen LogP contribution in [0.2, 0.25) is 5.02 Å². The molecule has 0 bridgehead atoms. The maximum atomic E-state index is 12.8. The van der Waals surface area contributed by atoms with E-state index < -0.39 is 10.0 Å². The number of aryl methyl sites for hydroxylation is 2. The van der Waals surface area contributed by atoms with Crippen LogP contribution in [0.5, 0.6) is 0 Å². The summed E-state index contributed by atoms with van der Waals surface area (Å²) in [6.45, 7) is 7.31. The predicted octanol–water partition coefficient (Wildman–Crippen LogP) is 3.85. The normalized spacial score (nSPS) is 11.9. The van der Waals surface area contributed by atoms with Crippen molar-refractivity contribution in [3.8, 4) is 0 Å². The summed E-state index contributed by atoms with van der Waals surface area (Å²) >= 11 is 6.14. The molecule has 31 heavy (non-hydrogen) atoms. The van der Waals surface area contributed by atoms with Crippen molar-refractivity contribution < 1.29 is 13.2 Å². The van der Waals surface area contributed by atoms with Gasteiger partial charge in [-0.25, -0.2) is 13.4 Å². The van der Waals surface area contributed by atoms with Gasteiger partial charge in [0, 0.05) is 31.7 Å². The Morgan fingerprint density at radius 2 is 1.87 bits per heavy atom. The van der Waals surface area contributed by atoms with Gasteiger partial charge >= 0.3 is 0 Å². The summed E-state index contributed by atoms with van der Waals surface area (Å²) in [6.07, 6.45) is 0.713. The first kappa shape index (κ1) is 23.2. The molecule has 2 aromatic carbocycles. The van der Waals surface area contributed by atoms with Gasteiger partial charge in [-0.1, -0.05) is 37.6 Å². The summed E-state index contributed by atoms with van der Waals surface area (Å²) in [4.78, 5) is 17.1. The molecule has 3 rings (SSSR count). The maximum Gasteiger partial charge on any atom is 0.251 e. The summed E-state index contributed by atoms with van der Waals surface area (Å²) in [6, 6.07) is 12.3. The molecule has 0 aliphatic rings. The van der Waals surface area contributed by atoms with Crippen LogP contribution in [0.4, 0.5) is 0 Å². The lowest BCUT2D eigenvalue weighted by atomic mass is 10.2. The van der Waals surface area contributed by atoms with E-state index in [1.807, 2.05) is 31.2 Å². The Bertz CT molecular complexity index is 1190. The molecule has 0 unspecified atom stereocenters. The lowest BCUT2D eigenvalue weighted by molar-refractivity contribution is 0.0952. The van der Waals surface area contributed by atoms with Gasteiger partial charge in [-0.3, -0.25) is 4.79 Å². The van der Waals surface area contributed by atoms with Gasteiger partial charge in [0.25, 0.3) is 5.91 Å². The molecule has 1 aromatic heterocycles. The summed E-state index contributed by atoms with van der Waals surface area (Å²) in [7, 11) is -3.76. The number of rotatable bonds is 9. The van der Waals surface area contributed by atoms with Crippen LogP contribution >= 0.6 is 11.6 Å². The summed E-state index contributed by atoms with van der Waals surface area (Å²) in [5.41, 5.74) is 2.28. The van der Waals surface area contributed by atoms with E-state index >= 15 is 0 Å². The Morgan fingerprint density at radius 3 is 2.58 bits per heavy atom. The number of nitrogens with zero attached hydrogens (tertiary/aromatic N) is 3. The number of sulfonamides is 1. The Morgan fingerprint density at radius 1 is 1.16 bits per heavy atom. The van der Waals surface area contributed by atoms with Gasteiger partial charge in [0.15, 0.2) is 0 Å². The minimum absolute atomic E-state index is 0.0500. The van der Waals surface area contributed by atoms with Crippen LogP contribution in [0.3, 0.4) is 0 Å². The summed E-state index contributed by atoms with van der Waals surface area (Å²) in [5, 5.41) is 2.96. The molecule has 3 aromatic rings. The monoisotopic (exact) mass is 462 g/mol. The van der Waals surface area contributed by atoms with Gasteiger partial charge in [-0.05, 0) is 43.7 Å². The van der Waals surface area contributed by atoms with Crippen LogP contribution in [0.15, 0.2) is 47.4 Å². The average Bonchev–Trinajstić information content (AvgIpc) is 3.07. The largest absolute Gasteiger partial charge is 0.352 e. The van der Waals surface area contributed by atoms with Crippen molar-refractivity contribution in [3.63, 3.8) is 0 Å². The van der Waals surface area contributed by atoms with Crippen molar-refractivity contribution in [1.29, 1.82) is 0 Å². The molecule has 1 heterocycles. The molecule has 1 N–H and O–H groups in total. The zero-order valence-electron chi connectivity index (χ0n) is 17.9. The van der Waals surface area contributed by atoms with Gasteiger partial charge in [-0.15, -0.1) is 0 Å². The number of carbonyl (C=O) groups excluding carboxylic acids is 1. The molecule has 0 fully saturated rings. The van der Waals surface area contributed by atoms with E-state index in [2.05, 4.69) is 14.9 Å². The lowest BCUT2D eigenvalue weighted by Gasteiger charge is -2.19. The molecular weight excluding hydrogens is 436 g/mol. The minimum atomic E-state index is -3.76. The van der Waals surface area contributed by atoms with Crippen LogP contribution in [-0.2, 0) is 16.6 Å². The average molecular weight is 463 g/mol. The number of imidazole rings is 1. The van der Waals surface area contributed by atoms with Crippen LogP contribution in [0.1, 0.15) is 36.5 Å². The summed E-state index contributed by atoms with van der Waals surface area (Å²) < 4.78 is 29.1. The highest BCUT2D eigenvalue weighted by molar-refractivity contribution is 7.89. The number of aromatic nitrogens is 2. The number of amides is 1. The van der Waals surface area contributed by atoms with E-state index in [4.69, 9.17) is 11.6 Å². The van der Waals surface area contributed by atoms with E-state index in [0.717, 1.165) is 23.4 Å². The maximum absolute atomic E-state index is 12.8. The number of hydrogen-bond donors (Lipinski definition) is 1. The molecule has 0 aliphatic heterocycles. The topological polar surface area (TPSA) is 84.3 Å². The zero-order valence-corrected chi connectivity index (χ0v) is 19.5. The fourth-order valence-corrected chi connectivity index (χ4v) is 5.52. The molecule has 0 spiro atoms. The number of halogens is 1. The molecule has 0 saturated heterocycles. The second-order valence-electron chi connectivity index (χ2n) is 7.14. The molecule has 9 heteroatoms. The third-order valence-electron chi connectivity index (χ3n) is 5.21. The number of hydrogen-bond acceptors (Lipinski definition) is 4. The van der Waals surface area contributed by atoms with Crippen molar-refractivity contribution in [2.24, 2.45) is 0 Å². The number of para-hydroxylation sites is 2. The summed E-state index contributed by atoms with van der Waals surface area (Å²) in [5.74, 6) is 0.594. The van der Waals surface area contributed by atoms with Gasteiger partial charge < -0.3 is 9.88 Å². The molecular formula is C22H27ClN4O3S. The highest BCUT2D eigenvalue weighted by Crippen LogP contribution is 2.26. The second kappa shape index (κ2) is 9.80. The number of carbonyl (C=O) groups is 1. The minimum Gasteiger partial charge on any atom is -0.352 e. The van der Waals surface area contributed by atoms with Crippen molar-refractivity contribution in [2.75, 3.05) is 19.6 Å². The second-order valence-corrected chi connectivity index (χ2v) is 9.46. The molecule has 0 atom stereocenters. The highest BCUT2D eigenvalue weighted by atomic mass is 35.5. The van der Waals surface area contributed by atoms with Crippen LogP contribution in [0.25, 0.3) is 11.0 Å². The standard InChI is InChI=1S/C22H27ClN4O3S/c1-4-26(5-2)31(29,30)21-15-17(11-12-18(21)23)22(28)24-13-8-14-27-16(3)25-19-9-6-7-10-20(19)27/h6-7,9-12,15H,4-5,8,13-14H2,1-3H3,(H,24,28). The smallest absolute Gasteiger partial charge is 0.251 e. The van der Waals surface area contributed by atoms with E-state index in [1.54, 1.807) is 13.8 Å². The number of benzene rings is 2. The first-order chi connectivity index (χ1) is 14.8. The zero-order chi connectivity index (χ0) is 22.6. The third kappa shape index (κ3) is 4.92. The van der Waals surface area contributed by atoms with E-state index in [1.165, 1.54) is 22.5 Å². The molecule has 0 radical (unpaired) electrons.